The second kappa shape index (κ2) is 13.3. The highest BCUT2D eigenvalue weighted by atomic mass is 32.1. The topological polar surface area (TPSA) is 43.6 Å². The van der Waals surface area contributed by atoms with Gasteiger partial charge >= 0.3 is 0 Å². The summed E-state index contributed by atoms with van der Waals surface area (Å²) in [5, 5.41) is 2.45. The van der Waals surface area contributed by atoms with E-state index in [0.29, 0.717) is 34.3 Å². The Morgan fingerprint density at radius 3 is 1.88 bits per heavy atom. The fourth-order valence-electron chi connectivity index (χ4n) is 7.49. The number of aromatic nitrogens is 4. The predicted molar refractivity (Wildman–Crippen MR) is 234 cm³/mol. The summed E-state index contributed by atoms with van der Waals surface area (Å²) in [7, 11) is 0. The van der Waals surface area contributed by atoms with E-state index in [2.05, 4.69) is 18.2 Å². The summed E-state index contributed by atoms with van der Waals surface area (Å²) >= 11 is 1.62. The van der Waals surface area contributed by atoms with Gasteiger partial charge in [0.1, 0.15) is 0 Å². The van der Waals surface area contributed by atoms with Gasteiger partial charge in [-0.05, 0) is 47.5 Å². The van der Waals surface area contributed by atoms with Crippen LogP contribution in [0.15, 0.2) is 194 Å². The minimum Gasteiger partial charge on any atom is -0.309 e. The maximum atomic E-state index is 9.54. The molecule has 0 amide bonds. The monoisotopic (exact) mass is 742 g/mol. The Hall–Kier alpha value is -7.21. The SMILES string of the molecule is [2H]c1cc2c3c(-c4c([2H])c([2H])c([2H])c([2H])c4[2H])c([2H])cc([2H])c3n(-c3ccc(-c4nc(-c5ccccc5)nc(-c5ccccc5)n4)cc3-c3cccc4c3sc3ccccc34)c2c([2H])c1[2H]. The fourth-order valence-corrected chi connectivity index (χ4v) is 8.72. The van der Waals surface area contributed by atoms with E-state index in [1.807, 2.05) is 103 Å². The standard InChI is InChI=1S/C51H32N4S/c1-4-16-33(17-5-1)37-24-15-28-45-47(37)41-23-10-12-27-43(41)55(45)44-31-30-36(32-42(44)40-26-14-25-39-38-22-11-13-29-46(38)56-48(39)40)51-53-49(34-18-6-2-7-19-34)52-50(54-51)35-20-8-3-9-21-35/h1-32H/i1D,4D,5D,10D,12D,16D,17D,24D,27D,28D. The molecule has 5 heteroatoms. The number of fused-ring (bicyclic) bond motifs is 6. The molecule has 4 nitrogen and oxygen atoms in total. The number of benzene rings is 8. The summed E-state index contributed by atoms with van der Waals surface area (Å²) < 4.78 is 93.1. The van der Waals surface area contributed by atoms with Crippen LogP contribution in [0, 0.1) is 0 Å². The van der Waals surface area contributed by atoms with Crippen molar-refractivity contribution in [3.05, 3.63) is 194 Å². The summed E-state index contributed by atoms with van der Waals surface area (Å²) in [6, 6.07) is 37.6. The first-order valence-corrected chi connectivity index (χ1v) is 18.8. The normalized spacial score (nSPS) is 14.1. The molecule has 11 rings (SSSR count). The zero-order valence-electron chi connectivity index (χ0n) is 39.4. The Balaban J connectivity index is 1.29. The van der Waals surface area contributed by atoms with Crippen molar-refractivity contribution in [2.75, 3.05) is 0 Å². The molecular formula is C51H32N4S. The van der Waals surface area contributed by atoms with Crippen molar-refractivity contribution in [2.24, 2.45) is 0 Å². The second-order valence-electron chi connectivity index (χ2n) is 13.2. The smallest absolute Gasteiger partial charge is 0.164 e. The highest BCUT2D eigenvalue weighted by Gasteiger charge is 2.22. The molecule has 0 aliphatic carbocycles. The molecule has 0 N–H and O–H groups in total. The molecule has 3 heterocycles. The van der Waals surface area contributed by atoms with E-state index in [-0.39, 0.29) is 63.1 Å². The molecule has 0 saturated heterocycles. The Bertz CT molecular complexity index is 3750. The van der Waals surface area contributed by atoms with Gasteiger partial charge in [0, 0.05) is 58.8 Å². The van der Waals surface area contributed by atoms with Crippen molar-refractivity contribution in [3.63, 3.8) is 0 Å². The van der Waals surface area contributed by atoms with Gasteiger partial charge in [0.2, 0.25) is 0 Å². The molecule has 0 aliphatic heterocycles. The Morgan fingerprint density at radius 1 is 0.429 bits per heavy atom. The van der Waals surface area contributed by atoms with E-state index in [9.17, 15) is 4.11 Å². The number of thiophene rings is 1. The summed E-state index contributed by atoms with van der Waals surface area (Å²) in [6.45, 7) is 0. The molecule has 0 spiro atoms. The van der Waals surface area contributed by atoms with Crippen LogP contribution in [0.25, 0.3) is 104 Å². The lowest BCUT2D eigenvalue weighted by molar-refractivity contribution is 1.07. The van der Waals surface area contributed by atoms with Crippen molar-refractivity contribution in [2.45, 2.75) is 0 Å². The molecule has 0 atom stereocenters. The number of rotatable bonds is 6. The van der Waals surface area contributed by atoms with Gasteiger partial charge in [0.25, 0.3) is 0 Å². The molecule has 3 aromatic heterocycles. The first-order chi connectivity index (χ1) is 31.9. The largest absolute Gasteiger partial charge is 0.309 e. The van der Waals surface area contributed by atoms with E-state index >= 15 is 0 Å². The highest BCUT2D eigenvalue weighted by molar-refractivity contribution is 7.26. The lowest BCUT2D eigenvalue weighted by Gasteiger charge is -2.17. The summed E-state index contributed by atoms with van der Waals surface area (Å²) in [5.41, 5.74) is 4.18. The van der Waals surface area contributed by atoms with Gasteiger partial charge in [-0.2, -0.15) is 0 Å². The van der Waals surface area contributed by atoms with Crippen LogP contribution in [0.2, 0.25) is 0 Å². The molecule has 262 valence electrons. The van der Waals surface area contributed by atoms with E-state index < -0.39 is 30.2 Å². The summed E-state index contributed by atoms with van der Waals surface area (Å²) in [5.74, 6) is 1.33. The number of hydrogen-bond acceptors (Lipinski definition) is 4. The Morgan fingerprint density at radius 2 is 1.11 bits per heavy atom. The van der Waals surface area contributed by atoms with Crippen molar-refractivity contribution in [3.8, 4) is 62.1 Å². The average molecular weight is 743 g/mol. The zero-order valence-corrected chi connectivity index (χ0v) is 30.2. The van der Waals surface area contributed by atoms with Crippen molar-refractivity contribution < 1.29 is 13.7 Å². The van der Waals surface area contributed by atoms with Crippen molar-refractivity contribution in [1.82, 2.24) is 19.5 Å². The first-order valence-electron chi connectivity index (χ1n) is 23.0. The second-order valence-corrected chi connectivity index (χ2v) is 14.3. The van der Waals surface area contributed by atoms with Crippen LogP contribution in [-0.4, -0.2) is 19.5 Å². The fraction of sp³-hybridized carbons (Fsp3) is 0. The summed E-state index contributed by atoms with van der Waals surface area (Å²) in [4.78, 5) is 15.0. The molecule has 56 heavy (non-hydrogen) atoms. The Labute approximate surface area is 341 Å². The number of para-hydroxylation sites is 1. The van der Waals surface area contributed by atoms with Gasteiger partial charge in [0.15, 0.2) is 17.5 Å². The Kier molecular flexibility index (Phi) is 5.58. The third kappa shape index (κ3) is 5.32. The highest BCUT2D eigenvalue weighted by Crippen LogP contribution is 2.45. The van der Waals surface area contributed by atoms with Crippen LogP contribution in [0.4, 0.5) is 0 Å². The minimum atomic E-state index is -0.595. The summed E-state index contributed by atoms with van der Waals surface area (Å²) in [6.07, 6.45) is 0. The lowest BCUT2D eigenvalue weighted by atomic mass is 9.98. The maximum absolute atomic E-state index is 9.54. The van der Waals surface area contributed by atoms with Gasteiger partial charge in [-0.1, -0.05) is 158 Å². The maximum Gasteiger partial charge on any atom is 0.164 e. The van der Waals surface area contributed by atoms with Crippen LogP contribution in [0.1, 0.15) is 13.7 Å². The van der Waals surface area contributed by atoms with E-state index in [0.717, 1.165) is 36.9 Å². The van der Waals surface area contributed by atoms with Gasteiger partial charge < -0.3 is 4.57 Å². The predicted octanol–water partition coefficient (Wildman–Crippen LogP) is 13.7. The third-order valence-electron chi connectivity index (χ3n) is 9.99. The van der Waals surface area contributed by atoms with Gasteiger partial charge in [0.05, 0.1) is 30.4 Å². The van der Waals surface area contributed by atoms with Crippen LogP contribution in [-0.2, 0) is 0 Å². The first kappa shape index (κ1) is 23.5. The number of hydrogen-bond donors (Lipinski definition) is 0. The van der Waals surface area contributed by atoms with Crippen molar-refractivity contribution in [1.29, 1.82) is 0 Å². The average Bonchev–Trinajstić information content (AvgIpc) is 3.90. The van der Waals surface area contributed by atoms with Crippen LogP contribution >= 0.6 is 11.3 Å². The molecule has 0 unspecified atom stereocenters. The van der Waals surface area contributed by atoms with Crippen LogP contribution in [0.5, 0.6) is 0 Å². The van der Waals surface area contributed by atoms with Gasteiger partial charge in [-0.15, -0.1) is 11.3 Å². The van der Waals surface area contributed by atoms with Crippen molar-refractivity contribution >= 4 is 53.3 Å². The molecule has 0 saturated carbocycles. The minimum absolute atomic E-state index is 0.0462. The van der Waals surface area contributed by atoms with E-state index in [1.54, 1.807) is 15.9 Å². The van der Waals surface area contributed by atoms with E-state index in [1.165, 1.54) is 12.1 Å². The molecule has 0 radical (unpaired) electrons. The molecular weight excluding hydrogens is 701 g/mol. The molecule has 8 aromatic carbocycles. The molecule has 0 aliphatic rings. The third-order valence-corrected chi connectivity index (χ3v) is 11.2. The van der Waals surface area contributed by atoms with E-state index in [4.69, 9.17) is 24.5 Å². The molecule has 0 bridgehead atoms. The lowest BCUT2D eigenvalue weighted by Crippen LogP contribution is -2.02. The van der Waals surface area contributed by atoms with Gasteiger partial charge in [-0.25, -0.2) is 15.0 Å². The molecule has 11 aromatic rings. The quantitative estimate of drug-likeness (QED) is 0.170. The zero-order chi connectivity index (χ0) is 45.7. The van der Waals surface area contributed by atoms with Crippen LogP contribution < -0.4 is 0 Å². The molecule has 0 fully saturated rings. The van der Waals surface area contributed by atoms with Gasteiger partial charge in [-0.3, -0.25) is 0 Å². The number of nitrogens with zero attached hydrogens (tertiary/aromatic N) is 4. The van der Waals surface area contributed by atoms with Crippen LogP contribution in [0.3, 0.4) is 0 Å².